The molecule has 4 fully saturated rings. The molecule has 0 saturated heterocycles. The highest BCUT2D eigenvalue weighted by atomic mass is 16.5. The lowest BCUT2D eigenvalue weighted by molar-refractivity contribution is -0.172. The fourth-order valence-corrected chi connectivity index (χ4v) is 8.23. The molecule has 3 nitrogen and oxygen atoms in total. The molecule has 4 saturated carbocycles. The van der Waals surface area contributed by atoms with Crippen molar-refractivity contribution in [1.82, 2.24) is 0 Å². The number of ether oxygens (including phenoxy) is 1. The van der Waals surface area contributed by atoms with Crippen molar-refractivity contribution >= 4 is 12.3 Å². The van der Waals surface area contributed by atoms with Gasteiger partial charge in [0.15, 0.2) is 0 Å². The first kappa shape index (κ1) is 17.5. The summed E-state index contributed by atoms with van der Waals surface area (Å²) in [6.07, 6.45) is 12.6. The fraction of sp³-hybridized carbons (Fsp3) is 0.909. The second-order valence-corrected chi connectivity index (χ2v) is 10.3. The molecule has 3 heteroatoms. The molecular weight excluding hydrogens is 312 g/mol. The molecule has 0 aromatic rings. The summed E-state index contributed by atoms with van der Waals surface area (Å²) < 4.78 is 5.52. The van der Waals surface area contributed by atoms with Gasteiger partial charge < -0.3 is 9.53 Å². The maximum absolute atomic E-state index is 11.6. The highest BCUT2D eigenvalue weighted by Gasteiger charge is 2.64. The zero-order chi connectivity index (χ0) is 17.9. The molecular formula is C22H34O3. The van der Waals surface area contributed by atoms with Crippen LogP contribution in [0.4, 0.5) is 0 Å². The molecule has 2 bridgehead atoms. The van der Waals surface area contributed by atoms with Crippen LogP contribution in [0.3, 0.4) is 0 Å². The predicted molar refractivity (Wildman–Crippen MR) is 96.9 cm³/mol. The van der Waals surface area contributed by atoms with Crippen molar-refractivity contribution in [2.75, 3.05) is 6.61 Å². The third kappa shape index (κ3) is 2.51. The van der Waals surface area contributed by atoms with Crippen LogP contribution < -0.4 is 0 Å². The van der Waals surface area contributed by atoms with E-state index in [9.17, 15) is 9.59 Å². The Labute approximate surface area is 152 Å². The van der Waals surface area contributed by atoms with Gasteiger partial charge in [0.2, 0.25) is 0 Å². The minimum atomic E-state index is -0.147. The van der Waals surface area contributed by atoms with Crippen LogP contribution in [0.15, 0.2) is 0 Å². The third-order valence-electron chi connectivity index (χ3n) is 9.09. The van der Waals surface area contributed by atoms with Gasteiger partial charge in [-0.05, 0) is 80.0 Å². The van der Waals surface area contributed by atoms with E-state index >= 15 is 0 Å². The molecule has 0 aromatic carbocycles. The number of rotatable bonds is 3. The zero-order valence-electron chi connectivity index (χ0n) is 16.2. The van der Waals surface area contributed by atoms with Crippen LogP contribution in [0.5, 0.6) is 0 Å². The quantitative estimate of drug-likeness (QED) is 0.546. The molecule has 0 N–H and O–H groups in total. The van der Waals surface area contributed by atoms with Gasteiger partial charge in [-0.1, -0.05) is 20.3 Å². The number of esters is 1. The Balaban J connectivity index is 1.63. The fourth-order valence-electron chi connectivity index (χ4n) is 8.23. The molecule has 4 rings (SSSR count). The van der Waals surface area contributed by atoms with Gasteiger partial charge in [0.25, 0.3) is 0 Å². The first-order valence-corrected chi connectivity index (χ1v) is 10.4. The van der Waals surface area contributed by atoms with E-state index < -0.39 is 0 Å². The highest BCUT2D eigenvalue weighted by Crippen LogP contribution is 2.72. The Hall–Kier alpha value is -0.860. The number of hydrogen-bond donors (Lipinski definition) is 0. The monoisotopic (exact) mass is 346 g/mol. The third-order valence-corrected chi connectivity index (χ3v) is 9.09. The summed E-state index contributed by atoms with van der Waals surface area (Å²) >= 11 is 0. The van der Waals surface area contributed by atoms with Gasteiger partial charge in [-0.15, -0.1) is 0 Å². The SMILES string of the molecule is CC(=O)OCC1(C)CCCC2(C)C1CCC13CC(C=O)C(CCC12)C3. The van der Waals surface area contributed by atoms with Gasteiger partial charge in [0.05, 0.1) is 6.61 Å². The Bertz CT molecular complexity index is 572. The topological polar surface area (TPSA) is 43.4 Å². The standard InChI is InChI=1S/C22H34O3/c1-15(24)25-14-20(2)8-4-9-21(3)18(20)7-10-22-11-16(5-6-19(21)22)17(12-22)13-23/h13,16-19H,4-12,14H2,1-3H3. The summed E-state index contributed by atoms with van der Waals surface area (Å²) in [5, 5.41) is 0. The molecule has 7 atom stereocenters. The Morgan fingerprint density at radius 2 is 1.88 bits per heavy atom. The average Bonchev–Trinajstić information content (AvgIpc) is 2.83. The minimum absolute atomic E-state index is 0.125. The lowest BCUT2D eigenvalue weighted by Gasteiger charge is -2.64. The summed E-state index contributed by atoms with van der Waals surface area (Å²) in [6, 6.07) is 0. The average molecular weight is 347 g/mol. The van der Waals surface area contributed by atoms with Crippen molar-refractivity contribution < 1.29 is 14.3 Å². The van der Waals surface area contributed by atoms with Crippen molar-refractivity contribution in [3.63, 3.8) is 0 Å². The van der Waals surface area contributed by atoms with Crippen molar-refractivity contribution in [3.05, 3.63) is 0 Å². The molecule has 0 heterocycles. The Kier molecular flexibility index (Phi) is 4.09. The highest BCUT2D eigenvalue weighted by molar-refractivity contribution is 5.65. The molecule has 0 radical (unpaired) electrons. The first-order chi connectivity index (χ1) is 11.8. The summed E-state index contributed by atoms with van der Waals surface area (Å²) in [5.74, 6) is 2.24. The van der Waals surface area contributed by atoms with E-state index in [1.807, 2.05) is 0 Å². The molecule has 4 aliphatic rings. The van der Waals surface area contributed by atoms with E-state index in [1.165, 1.54) is 64.6 Å². The Morgan fingerprint density at radius 1 is 1.08 bits per heavy atom. The molecule has 25 heavy (non-hydrogen) atoms. The molecule has 140 valence electrons. The van der Waals surface area contributed by atoms with E-state index in [0.717, 1.165) is 12.3 Å². The first-order valence-electron chi connectivity index (χ1n) is 10.4. The predicted octanol–water partition coefficient (Wildman–Crippen LogP) is 4.78. The van der Waals surface area contributed by atoms with Crippen LogP contribution in [-0.4, -0.2) is 18.9 Å². The van der Waals surface area contributed by atoms with Crippen LogP contribution in [0.1, 0.15) is 78.6 Å². The minimum Gasteiger partial charge on any atom is -0.465 e. The van der Waals surface area contributed by atoms with E-state index in [2.05, 4.69) is 13.8 Å². The number of carbonyl (C=O) groups is 2. The number of carbonyl (C=O) groups excluding carboxylic acids is 2. The van der Waals surface area contributed by atoms with E-state index in [-0.39, 0.29) is 11.4 Å². The normalized spacial score (nSPS) is 51.3. The van der Waals surface area contributed by atoms with Crippen LogP contribution in [0.2, 0.25) is 0 Å². The summed E-state index contributed by atoms with van der Waals surface area (Å²) in [5.41, 5.74) is 0.910. The van der Waals surface area contributed by atoms with Crippen LogP contribution >= 0.6 is 0 Å². The molecule has 0 amide bonds. The zero-order valence-corrected chi connectivity index (χ0v) is 16.2. The second kappa shape index (κ2) is 5.82. The summed E-state index contributed by atoms with van der Waals surface area (Å²) in [7, 11) is 0. The molecule has 0 aliphatic heterocycles. The van der Waals surface area contributed by atoms with E-state index in [0.29, 0.717) is 35.2 Å². The number of fused-ring (bicyclic) bond motifs is 3. The van der Waals surface area contributed by atoms with Crippen LogP contribution in [-0.2, 0) is 14.3 Å². The molecule has 4 aliphatic carbocycles. The maximum Gasteiger partial charge on any atom is 0.302 e. The lowest BCUT2D eigenvalue weighted by Crippen LogP contribution is -2.57. The molecule has 1 spiro atoms. The summed E-state index contributed by atoms with van der Waals surface area (Å²) in [6.45, 7) is 7.02. The maximum atomic E-state index is 11.6. The van der Waals surface area contributed by atoms with Crippen molar-refractivity contribution in [3.8, 4) is 0 Å². The lowest BCUT2D eigenvalue weighted by atomic mass is 9.41. The van der Waals surface area contributed by atoms with Gasteiger partial charge in [-0.25, -0.2) is 0 Å². The van der Waals surface area contributed by atoms with Gasteiger partial charge in [-0.3, -0.25) is 4.79 Å². The largest absolute Gasteiger partial charge is 0.465 e. The van der Waals surface area contributed by atoms with Gasteiger partial charge in [-0.2, -0.15) is 0 Å². The van der Waals surface area contributed by atoms with Gasteiger partial charge >= 0.3 is 5.97 Å². The summed E-state index contributed by atoms with van der Waals surface area (Å²) in [4.78, 5) is 23.0. The van der Waals surface area contributed by atoms with Gasteiger partial charge in [0, 0.05) is 18.3 Å². The van der Waals surface area contributed by atoms with Crippen LogP contribution in [0.25, 0.3) is 0 Å². The smallest absolute Gasteiger partial charge is 0.302 e. The van der Waals surface area contributed by atoms with Crippen molar-refractivity contribution in [2.45, 2.75) is 78.6 Å². The van der Waals surface area contributed by atoms with Crippen molar-refractivity contribution in [1.29, 1.82) is 0 Å². The van der Waals surface area contributed by atoms with Crippen LogP contribution in [0, 0.1) is 39.9 Å². The molecule has 0 aromatic heterocycles. The molecule has 7 unspecified atom stereocenters. The number of aldehydes is 1. The van der Waals surface area contributed by atoms with E-state index in [4.69, 9.17) is 4.74 Å². The Morgan fingerprint density at radius 3 is 2.60 bits per heavy atom. The number of hydrogen-bond acceptors (Lipinski definition) is 3. The van der Waals surface area contributed by atoms with Crippen molar-refractivity contribution in [2.24, 2.45) is 39.9 Å². The van der Waals surface area contributed by atoms with Gasteiger partial charge in [0.1, 0.15) is 6.29 Å². The second-order valence-electron chi connectivity index (χ2n) is 10.3. The van der Waals surface area contributed by atoms with E-state index in [1.54, 1.807) is 0 Å².